The van der Waals surface area contributed by atoms with E-state index in [2.05, 4.69) is 4.98 Å². The van der Waals surface area contributed by atoms with Crippen molar-refractivity contribution in [1.29, 1.82) is 0 Å². The monoisotopic (exact) mass is 364 g/mol. The number of benzene rings is 1. The molecule has 0 saturated carbocycles. The number of para-hydroxylation sites is 1. The van der Waals surface area contributed by atoms with Gasteiger partial charge >= 0.3 is 0 Å². The molecule has 7 heteroatoms. The molecule has 0 aliphatic carbocycles. The molecule has 0 unspecified atom stereocenters. The zero-order valence-corrected chi connectivity index (χ0v) is 15.1. The largest absolute Gasteiger partial charge is 0.338 e. The van der Waals surface area contributed by atoms with Crippen molar-refractivity contribution in [3.8, 4) is 0 Å². The number of rotatable bonds is 5. The molecule has 2 aromatic rings. The summed E-state index contributed by atoms with van der Waals surface area (Å²) in [7, 11) is -2.99. The van der Waals surface area contributed by atoms with Crippen molar-refractivity contribution >= 4 is 38.4 Å². The summed E-state index contributed by atoms with van der Waals surface area (Å²) < 4.78 is 23.3. The Balaban J connectivity index is 1.64. The molecule has 0 radical (unpaired) electrons. The first-order chi connectivity index (χ1) is 11.5. The minimum Gasteiger partial charge on any atom is -0.338 e. The van der Waals surface area contributed by atoms with Crippen molar-refractivity contribution in [3.05, 3.63) is 36.4 Å². The van der Waals surface area contributed by atoms with E-state index in [1.807, 2.05) is 43.3 Å². The molecular weight excluding hydrogens is 344 g/mol. The average molecular weight is 364 g/mol. The first-order valence-corrected chi connectivity index (χ1v) is 10.8. The molecule has 0 bridgehead atoms. The number of thioether (sulfide) groups is 1. The molecule has 0 spiro atoms. The van der Waals surface area contributed by atoms with E-state index in [0.29, 0.717) is 13.0 Å². The summed E-state index contributed by atoms with van der Waals surface area (Å²) >= 11 is 1.39. The van der Waals surface area contributed by atoms with E-state index < -0.39 is 9.84 Å². The quantitative estimate of drug-likeness (QED) is 0.762. The number of pyridine rings is 1. The molecule has 1 amide bonds. The highest BCUT2D eigenvalue weighted by Crippen LogP contribution is 2.22. The molecule has 1 aliphatic heterocycles. The van der Waals surface area contributed by atoms with E-state index >= 15 is 0 Å². The predicted octanol–water partition coefficient (Wildman–Crippen LogP) is 2.36. The van der Waals surface area contributed by atoms with Crippen molar-refractivity contribution in [2.24, 2.45) is 0 Å². The minimum atomic E-state index is -2.99. The number of carbonyl (C=O) groups excluding carboxylic acids is 1. The van der Waals surface area contributed by atoms with Gasteiger partial charge in [-0.15, -0.1) is 0 Å². The SMILES string of the molecule is CCN(C(=O)CSc1ccc2ccccc2n1)[C@@H]1CCS(=O)(=O)C1. The smallest absolute Gasteiger partial charge is 0.233 e. The maximum atomic E-state index is 12.5. The van der Waals surface area contributed by atoms with Gasteiger partial charge in [0.25, 0.3) is 0 Å². The van der Waals surface area contributed by atoms with Crippen molar-refractivity contribution < 1.29 is 13.2 Å². The van der Waals surface area contributed by atoms with Crippen LogP contribution >= 0.6 is 11.8 Å². The van der Waals surface area contributed by atoms with Crippen LogP contribution in [0.2, 0.25) is 0 Å². The summed E-state index contributed by atoms with van der Waals surface area (Å²) in [6.07, 6.45) is 0.542. The second-order valence-electron chi connectivity index (χ2n) is 5.87. The topological polar surface area (TPSA) is 67.3 Å². The normalized spacial score (nSPS) is 19.5. The Kier molecular flexibility index (Phi) is 5.10. The summed E-state index contributed by atoms with van der Waals surface area (Å²) in [4.78, 5) is 18.7. The van der Waals surface area contributed by atoms with Crippen LogP contribution in [0.15, 0.2) is 41.4 Å². The second-order valence-corrected chi connectivity index (χ2v) is 9.09. The third-order valence-electron chi connectivity index (χ3n) is 4.23. The van der Waals surface area contributed by atoms with E-state index in [1.165, 1.54) is 11.8 Å². The van der Waals surface area contributed by atoms with Crippen LogP contribution in [0.1, 0.15) is 13.3 Å². The van der Waals surface area contributed by atoms with E-state index in [9.17, 15) is 13.2 Å². The first kappa shape index (κ1) is 17.2. The summed E-state index contributed by atoms with van der Waals surface area (Å²) in [6, 6.07) is 11.6. The summed E-state index contributed by atoms with van der Waals surface area (Å²) in [6.45, 7) is 2.42. The Morgan fingerprint density at radius 2 is 2.08 bits per heavy atom. The number of sulfone groups is 1. The Labute approximate surface area is 146 Å². The van der Waals surface area contributed by atoms with Gasteiger partial charge in [-0.05, 0) is 25.5 Å². The lowest BCUT2D eigenvalue weighted by molar-refractivity contribution is -0.129. The second kappa shape index (κ2) is 7.11. The molecule has 128 valence electrons. The Morgan fingerprint density at radius 1 is 1.29 bits per heavy atom. The molecular formula is C17H20N2O3S2. The van der Waals surface area contributed by atoms with E-state index in [1.54, 1.807) is 4.90 Å². The lowest BCUT2D eigenvalue weighted by Crippen LogP contribution is -2.41. The Hall–Kier alpha value is -1.60. The van der Waals surface area contributed by atoms with Crippen LogP contribution in [0.25, 0.3) is 10.9 Å². The molecule has 5 nitrogen and oxygen atoms in total. The van der Waals surface area contributed by atoms with Gasteiger partial charge in [-0.1, -0.05) is 36.0 Å². The Bertz CT molecular complexity index is 852. The first-order valence-electron chi connectivity index (χ1n) is 7.97. The molecule has 24 heavy (non-hydrogen) atoms. The van der Waals surface area contributed by atoms with Gasteiger partial charge in [0, 0.05) is 18.0 Å². The molecule has 2 heterocycles. The molecule has 1 fully saturated rings. The Morgan fingerprint density at radius 3 is 2.79 bits per heavy atom. The molecule has 1 atom stereocenters. The van der Waals surface area contributed by atoms with Gasteiger partial charge < -0.3 is 4.90 Å². The molecule has 1 aromatic carbocycles. The number of fused-ring (bicyclic) bond motifs is 1. The van der Waals surface area contributed by atoms with E-state index in [0.717, 1.165) is 15.9 Å². The highest BCUT2D eigenvalue weighted by molar-refractivity contribution is 7.99. The summed E-state index contributed by atoms with van der Waals surface area (Å²) in [5.41, 5.74) is 0.907. The van der Waals surface area contributed by atoms with Gasteiger partial charge in [-0.3, -0.25) is 4.79 Å². The zero-order chi connectivity index (χ0) is 17.2. The summed E-state index contributed by atoms with van der Waals surface area (Å²) in [5, 5.41) is 1.87. The lowest BCUT2D eigenvalue weighted by atomic mass is 10.2. The maximum absolute atomic E-state index is 12.5. The number of nitrogens with zero attached hydrogens (tertiary/aromatic N) is 2. The number of aromatic nitrogens is 1. The number of hydrogen-bond donors (Lipinski definition) is 0. The number of hydrogen-bond acceptors (Lipinski definition) is 5. The van der Waals surface area contributed by atoms with Crippen LogP contribution in [-0.2, 0) is 14.6 Å². The number of amides is 1. The molecule has 1 aliphatic rings. The van der Waals surface area contributed by atoms with E-state index in [4.69, 9.17) is 0 Å². The predicted molar refractivity (Wildman–Crippen MR) is 96.9 cm³/mol. The zero-order valence-electron chi connectivity index (χ0n) is 13.5. The van der Waals surface area contributed by atoms with Gasteiger partial charge in [0.2, 0.25) is 5.91 Å². The highest BCUT2D eigenvalue weighted by atomic mass is 32.2. The fraction of sp³-hybridized carbons (Fsp3) is 0.412. The molecule has 1 saturated heterocycles. The molecule has 0 N–H and O–H groups in total. The van der Waals surface area contributed by atoms with Gasteiger partial charge in [-0.25, -0.2) is 13.4 Å². The third-order valence-corrected chi connectivity index (χ3v) is 6.89. The van der Waals surface area contributed by atoms with Gasteiger partial charge in [0.1, 0.15) is 0 Å². The number of carbonyl (C=O) groups is 1. The van der Waals surface area contributed by atoms with Crippen LogP contribution in [0, 0.1) is 0 Å². The fourth-order valence-corrected chi connectivity index (χ4v) is 5.50. The van der Waals surface area contributed by atoms with Gasteiger partial charge in [0.05, 0.1) is 27.8 Å². The van der Waals surface area contributed by atoms with Crippen LogP contribution < -0.4 is 0 Å². The maximum Gasteiger partial charge on any atom is 0.233 e. The standard InChI is InChI=1S/C17H20N2O3S2/c1-2-19(14-9-10-24(21,22)12-14)17(20)11-23-16-8-7-13-5-3-4-6-15(13)18-16/h3-8,14H,2,9-12H2,1H3/t14-/m1/s1. The van der Waals surface area contributed by atoms with E-state index in [-0.39, 0.29) is 29.2 Å². The van der Waals surface area contributed by atoms with Crippen molar-refractivity contribution in [2.75, 3.05) is 23.8 Å². The van der Waals surface area contributed by atoms with Crippen LogP contribution in [0.3, 0.4) is 0 Å². The molecule has 1 aromatic heterocycles. The van der Waals surface area contributed by atoms with Crippen LogP contribution in [0.5, 0.6) is 0 Å². The lowest BCUT2D eigenvalue weighted by Gasteiger charge is -2.26. The minimum absolute atomic E-state index is 0.0282. The van der Waals surface area contributed by atoms with Crippen LogP contribution in [-0.4, -0.2) is 54.1 Å². The van der Waals surface area contributed by atoms with Crippen LogP contribution in [0.4, 0.5) is 0 Å². The third kappa shape index (κ3) is 3.89. The van der Waals surface area contributed by atoms with Gasteiger partial charge in [-0.2, -0.15) is 0 Å². The average Bonchev–Trinajstić information content (AvgIpc) is 2.93. The fourth-order valence-electron chi connectivity index (χ4n) is 3.01. The van der Waals surface area contributed by atoms with Crippen molar-refractivity contribution in [1.82, 2.24) is 9.88 Å². The van der Waals surface area contributed by atoms with Gasteiger partial charge in [0.15, 0.2) is 9.84 Å². The highest BCUT2D eigenvalue weighted by Gasteiger charge is 2.33. The summed E-state index contributed by atoms with van der Waals surface area (Å²) in [5.74, 6) is 0.515. The van der Waals surface area contributed by atoms with Crippen molar-refractivity contribution in [3.63, 3.8) is 0 Å². The molecule has 3 rings (SSSR count). The van der Waals surface area contributed by atoms with Crippen molar-refractivity contribution in [2.45, 2.75) is 24.4 Å².